The zero-order valence-electron chi connectivity index (χ0n) is 11.6. The first-order valence-electron chi connectivity index (χ1n) is 6.45. The number of nitrogens with two attached hydrogens (primary N) is 1. The maximum atomic E-state index is 11.9. The van der Waals surface area contributed by atoms with Crippen LogP contribution < -0.4 is 11.1 Å². The molecular weight excluding hydrogens is 246 g/mol. The Morgan fingerprint density at radius 1 is 1.50 bits per heavy atom. The zero-order valence-corrected chi connectivity index (χ0v) is 12.4. The van der Waals surface area contributed by atoms with Gasteiger partial charge in [0.2, 0.25) is 5.91 Å². The van der Waals surface area contributed by atoms with Crippen LogP contribution in [0, 0.1) is 13.8 Å². The number of nitrogens with one attached hydrogen (secondary N) is 1. The van der Waals surface area contributed by atoms with E-state index < -0.39 is 6.04 Å². The second-order valence-electron chi connectivity index (χ2n) is 4.66. The lowest BCUT2D eigenvalue weighted by atomic mass is 10.1. The molecule has 0 bridgehead atoms. The van der Waals surface area contributed by atoms with E-state index in [1.807, 2.05) is 20.8 Å². The molecule has 18 heavy (non-hydrogen) atoms. The van der Waals surface area contributed by atoms with Crippen molar-refractivity contribution >= 4 is 17.2 Å². The van der Waals surface area contributed by atoms with Gasteiger partial charge < -0.3 is 11.1 Å². The maximum absolute atomic E-state index is 11.9. The molecular formula is C13H23N3OS. The number of nitrogens with zero attached hydrogens (tertiary/aromatic N) is 1. The van der Waals surface area contributed by atoms with Gasteiger partial charge in [-0.05, 0) is 27.2 Å². The molecule has 0 radical (unpaired) electrons. The maximum Gasteiger partial charge on any atom is 0.237 e. The molecule has 2 atom stereocenters. The quantitative estimate of drug-likeness (QED) is 0.833. The molecule has 4 nitrogen and oxygen atoms in total. The third-order valence-corrected chi connectivity index (χ3v) is 4.15. The topological polar surface area (TPSA) is 68.0 Å². The minimum absolute atomic E-state index is 0.0172. The van der Waals surface area contributed by atoms with E-state index in [0.29, 0.717) is 0 Å². The summed E-state index contributed by atoms with van der Waals surface area (Å²) in [5.41, 5.74) is 6.84. The standard InChI is InChI=1S/C13H23N3OS/c1-5-6-7-11(14)13(17)16-9(3)12-8(2)15-10(4)18-12/h9,11H,5-7,14H2,1-4H3,(H,16,17). The van der Waals surface area contributed by atoms with Crippen molar-refractivity contribution < 1.29 is 4.79 Å². The number of amides is 1. The molecule has 0 aliphatic rings. The van der Waals surface area contributed by atoms with Crippen LogP contribution in [-0.4, -0.2) is 16.9 Å². The number of carbonyl (C=O) groups excluding carboxylic acids is 1. The average Bonchev–Trinajstić information content (AvgIpc) is 2.65. The van der Waals surface area contributed by atoms with E-state index in [9.17, 15) is 4.79 Å². The summed E-state index contributed by atoms with van der Waals surface area (Å²) in [6.45, 7) is 8.02. The third-order valence-electron chi connectivity index (χ3n) is 2.90. The minimum atomic E-state index is -0.401. The van der Waals surface area contributed by atoms with Crippen molar-refractivity contribution in [3.63, 3.8) is 0 Å². The molecule has 0 aliphatic carbocycles. The highest BCUT2D eigenvalue weighted by Crippen LogP contribution is 2.24. The Bertz CT molecular complexity index is 403. The van der Waals surface area contributed by atoms with Gasteiger partial charge in [0.15, 0.2) is 0 Å². The fourth-order valence-corrected chi connectivity index (χ4v) is 2.82. The highest BCUT2D eigenvalue weighted by atomic mass is 32.1. The summed E-state index contributed by atoms with van der Waals surface area (Å²) in [5.74, 6) is -0.0681. The normalized spacial score (nSPS) is 14.3. The number of thiazole rings is 1. The lowest BCUT2D eigenvalue weighted by molar-refractivity contribution is -0.123. The van der Waals surface area contributed by atoms with Crippen LogP contribution >= 0.6 is 11.3 Å². The van der Waals surface area contributed by atoms with Crippen molar-refractivity contribution in [2.24, 2.45) is 5.73 Å². The molecule has 0 saturated carbocycles. The van der Waals surface area contributed by atoms with Crippen molar-refractivity contribution in [3.8, 4) is 0 Å². The molecule has 0 saturated heterocycles. The van der Waals surface area contributed by atoms with E-state index in [0.717, 1.165) is 34.8 Å². The number of hydrogen-bond donors (Lipinski definition) is 2. The first kappa shape index (κ1) is 15.1. The molecule has 3 N–H and O–H groups in total. The molecule has 0 spiro atoms. The van der Waals surface area contributed by atoms with Crippen molar-refractivity contribution in [2.45, 2.75) is 59.0 Å². The molecule has 1 aromatic heterocycles. The van der Waals surface area contributed by atoms with Crippen molar-refractivity contribution in [3.05, 3.63) is 15.6 Å². The number of carbonyl (C=O) groups is 1. The van der Waals surface area contributed by atoms with Crippen molar-refractivity contribution in [2.75, 3.05) is 0 Å². The summed E-state index contributed by atoms with van der Waals surface area (Å²) in [7, 11) is 0. The lowest BCUT2D eigenvalue weighted by Crippen LogP contribution is -2.41. The van der Waals surface area contributed by atoms with Crippen LogP contribution in [0.2, 0.25) is 0 Å². The highest BCUT2D eigenvalue weighted by Gasteiger charge is 2.18. The second-order valence-corrected chi connectivity index (χ2v) is 5.90. The van der Waals surface area contributed by atoms with E-state index in [2.05, 4.69) is 17.2 Å². The van der Waals surface area contributed by atoms with E-state index in [1.54, 1.807) is 11.3 Å². The Morgan fingerprint density at radius 2 is 2.17 bits per heavy atom. The molecule has 0 fully saturated rings. The van der Waals surface area contributed by atoms with Gasteiger partial charge in [0.1, 0.15) is 0 Å². The number of hydrogen-bond acceptors (Lipinski definition) is 4. The number of aryl methyl sites for hydroxylation is 2. The van der Waals surface area contributed by atoms with Gasteiger partial charge in [0, 0.05) is 4.88 Å². The van der Waals surface area contributed by atoms with Gasteiger partial charge in [0.05, 0.1) is 22.8 Å². The number of aromatic nitrogens is 1. The van der Waals surface area contributed by atoms with Gasteiger partial charge in [-0.2, -0.15) is 0 Å². The Hall–Kier alpha value is -0.940. The minimum Gasteiger partial charge on any atom is -0.347 e. The third kappa shape index (κ3) is 4.07. The molecule has 1 heterocycles. The van der Waals surface area contributed by atoms with Crippen LogP contribution in [0.1, 0.15) is 54.7 Å². The summed E-state index contributed by atoms with van der Waals surface area (Å²) in [4.78, 5) is 17.4. The summed E-state index contributed by atoms with van der Waals surface area (Å²) in [6, 6.07) is -0.418. The number of unbranched alkanes of at least 4 members (excludes halogenated alkanes) is 1. The van der Waals surface area contributed by atoms with E-state index >= 15 is 0 Å². The molecule has 2 unspecified atom stereocenters. The van der Waals surface area contributed by atoms with Gasteiger partial charge >= 0.3 is 0 Å². The first-order chi connectivity index (χ1) is 8.45. The summed E-state index contributed by atoms with van der Waals surface area (Å²) < 4.78 is 0. The van der Waals surface area contributed by atoms with E-state index in [1.165, 1.54) is 0 Å². The van der Waals surface area contributed by atoms with Gasteiger partial charge in [0.25, 0.3) is 0 Å². The smallest absolute Gasteiger partial charge is 0.237 e. The second kappa shape index (κ2) is 6.85. The highest BCUT2D eigenvalue weighted by molar-refractivity contribution is 7.11. The van der Waals surface area contributed by atoms with Gasteiger partial charge in [-0.3, -0.25) is 4.79 Å². The van der Waals surface area contributed by atoms with Gasteiger partial charge in [-0.15, -0.1) is 11.3 Å². The Morgan fingerprint density at radius 3 is 2.67 bits per heavy atom. The van der Waals surface area contributed by atoms with Crippen LogP contribution in [0.15, 0.2) is 0 Å². The SMILES string of the molecule is CCCCC(N)C(=O)NC(C)c1sc(C)nc1C. The lowest BCUT2D eigenvalue weighted by Gasteiger charge is -2.16. The first-order valence-corrected chi connectivity index (χ1v) is 7.27. The van der Waals surface area contributed by atoms with Gasteiger partial charge in [-0.25, -0.2) is 4.98 Å². The van der Waals surface area contributed by atoms with Gasteiger partial charge in [-0.1, -0.05) is 19.8 Å². The number of rotatable bonds is 6. The molecule has 5 heteroatoms. The monoisotopic (exact) mass is 269 g/mol. The Kier molecular flexibility index (Phi) is 5.75. The molecule has 0 aromatic carbocycles. The fraction of sp³-hybridized carbons (Fsp3) is 0.692. The molecule has 1 rings (SSSR count). The van der Waals surface area contributed by atoms with Crippen molar-refractivity contribution in [1.29, 1.82) is 0 Å². The molecule has 1 aromatic rings. The van der Waals surface area contributed by atoms with Crippen LogP contribution in [0.5, 0.6) is 0 Å². The van der Waals surface area contributed by atoms with Crippen molar-refractivity contribution in [1.82, 2.24) is 10.3 Å². The van der Waals surface area contributed by atoms with Crippen LogP contribution in [0.4, 0.5) is 0 Å². The zero-order chi connectivity index (χ0) is 13.7. The van der Waals surface area contributed by atoms with E-state index in [-0.39, 0.29) is 11.9 Å². The summed E-state index contributed by atoms with van der Waals surface area (Å²) in [6.07, 6.45) is 2.79. The molecule has 102 valence electrons. The molecule has 1 amide bonds. The Balaban J connectivity index is 2.56. The predicted molar refractivity (Wildman–Crippen MR) is 75.6 cm³/mol. The fourth-order valence-electron chi connectivity index (χ4n) is 1.89. The van der Waals surface area contributed by atoms with Crippen LogP contribution in [0.25, 0.3) is 0 Å². The predicted octanol–water partition coefficient (Wildman–Crippen LogP) is 2.45. The largest absolute Gasteiger partial charge is 0.347 e. The molecule has 0 aliphatic heterocycles. The Labute approximate surface area is 113 Å². The summed E-state index contributed by atoms with van der Waals surface area (Å²) in [5, 5.41) is 3.99. The summed E-state index contributed by atoms with van der Waals surface area (Å²) >= 11 is 1.63. The van der Waals surface area contributed by atoms with Crippen LogP contribution in [0.3, 0.4) is 0 Å². The van der Waals surface area contributed by atoms with E-state index in [4.69, 9.17) is 5.73 Å². The average molecular weight is 269 g/mol. The van der Waals surface area contributed by atoms with Crippen LogP contribution in [-0.2, 0) is 4.79 Å².